The van der Waals surface area contributed by atoms with Crippen LogP contribution in [0, 0.1) is 6.92 Å². The standard InChI is InChI=1S/C22H19N.C12H12N2.C7H8/c1-22(2)17-10-6-4-8-14(17)15-12-13-19-20(21(15)22)16-9-5-7-11-18(16)23(19)3;13-11-8-4-5-9-12(11)14-10-6-2-1-3-7-10;1-7-5-3-2-4-6-7/h4-13H,1-3H3;1-9,14H,13H2;2-6H,1H3. The lowest BCUT2D eigenvalue weighted by atomic mass is 9.80. The SMILES string of the molecule is Cc1ccccc1.Cn1c2ccccc2c2c3c(ccc21)-c1ccccc1C3(C)C.Nc1ccccc1Nc1ccccc1. The van der Waals surface area contributed by atoms with Crippen molar-refractivity contribution < 1.29 is 0 Å². The van der Waals surface area contributed by atoms with Gasteiger partial charge in [-0.05, 0) is 65.6 Å². The Morgan fingerprint density at radius 3 is 1.91 bits per heavy atom. The highest BCUT2D eigenvalue weighted by Gasteiger charge is 2.37. The molecule has 0 unspecified atom stereocenters. The summed E-state index contributed by atoms with van der Waals surface area (Å²) in [5.41, 5.74) is 18.3. The van der Waals surface area contributed by atoms with Crippen molar-refractivity contribution >= 4 is 38.9 Å². The van der Waals surface area contributed by atoms with Gasteiger partial charge >= 0.3 is 0 Å². The van der Waals surface area contributed by atoms with Crippen LogP contribution in [-0.2, 0) is 12.5 Å². The number of anilines is 3. The Hall–Kier alpha value is -5.28. The Labute approximate surface area is 260 Å². The Morgan fingerprint density at radius 2 is 1.20 bits per heavy atom. The first-order chi connectivity index (χ1) is 21.4. The predicted octanol–water partition coefficient (Wildman–Crippen LogP) is 10.6. The first kappa shape index (κ1) is 28.8. The molecule has 44 heavy (non-hydrogen) atoms. The van der Waals surface area contributed by atoms with E-state index in [0.29, 0.717) is 0 Å². The quantitative estimate of drug-likeness (QED) is 0.202. The van der Waals surface area contributed by atoms with Crippen LogP contribution in [0.2, 0.25) is 0 Å². The van der Waals surface area contributed by atoms with Gasteiger partial charge in [-0.25, -0.2) is 0 Å². The lowest BCUT2D eigenvalue weighted by Gasteiger charge is -2.22. The van der Waals surface area contributed by atoms with E-state index in [0.717, 1.165) is 17.1 Å². The topological polar surface area (TPSA) is 43.0 Å². The lowest BCUT2D eigenvalue weighted by molar-refractivity contribution is 0.666. The van der Waals surface area contributed by atoms with Gasteiger partial charge in [0, 0.05) is 40.0 Å². The van der Waals surface area contributed by atoms with Gasteiger partial charge in [0.05, 0.1) is 11.4 Å². The molecule has 7 aromatic rings. The summed E-state index contributed by atoms with van der Waals surface area (Å²) in [7, 11) is 2.17. The maximum Gasteiger partial charge on any atom is 0.0617 e. The molecular weight excluding hydrogens is 534 g/mol. The zero-order valence-corrected chi connectivity index (χ0v) is 25.9. The molecule has 0 fully saturated rings. The third-order valence-corrected chi connectivity index (χ3v) is 8.55. The summed E-state index contributed by atoms with van der Waals surface area (Å²) in [4.78, 5) is 0. The minimum absolute atomic E-state index is 0.0373. The fraction of sp³-hybridized carbons (Fsp3) is 0.122. The molecule has 3 heteroatoms. The van der Waals surface area contributed by atoms with Crippen LogP contribution in [0.1, 0.15) is 30.5 Å². The molecule has 0 aliphatic heterocycles. The van der Waals surface area contributed by atoms with Gasteiger partial charge in [0.1, 0.15) is 0 Å². The van der Waals surface area contributed by atoms with Crippen LogP contribution >= 0.6 is 0 Å². The zero-order chi connectivity index (χ0) is 30.7. The molecule has 3 N–H and O–H groups in total. The number of rotatable bonds is 2. The van der Waals surface area contributed by atoms with Gasteiger partial charge < -0.3 is 15.6 Å². The van der Waals surface area contributed by atoms with Crippen LogP contribution in [0.25, 0.3) is 32.9 Å². The second-order valence-electron chi connectivity index (χ2n) is 11.9. The number of benzene rings is 6. The van der Waals surface area contributed by atoms with E-state index in [9.17, 15) is 0 Å². The number of nitrogen functional groups attached to an aromatic ring is 1. The van der Waals surface area contributed by atoms with Crippen LogP contribution in [-0.4, -0.2) is 4.57 Å². The van der Waals surface area contributed by atoms with E-state index in [2.05, 4.69) is 110 Å². The highest BCUT2D eigenvalue weighted by atomic mass is 14.9. The van der Waals surface area contributed by atoms with E-state index in [-0.39, 0.29) is 5.41 Å². The summed E-state index contributed by atoms with van der Waals surface area (Å²) in [5.74, 6) is 0. The average molecular weight is 574 g/mol. The summed E-state index contributed by atoms with van der Waals surface area (Å²) >= 11 is 0. The largest absolute Gasteiger partial charge is 0.397 e. The minimum Gasteiger partial charge on any atom is -0.397 e. The number of nitrogens with one attached hydrogen (secondary N) is 1. The number of nitrogens with two attached hydrogens (primary N) is 1. The molecule has 0 saturated carbocycles. The van der Waals surface area contributed by atoms with Crippen molar-refractivity contribution in [1.82, 2.24) is 4.57 Å². The van der Waals surface area contributed by atoms with E-state index in [1.165, 1.54) is 49.6 Å². The molecule has 8 rings (SSSR count). The third-order valence-electron chi connectivity index (χ3n) is 8.55. The maximum absolute atomic E-state index is 5.81. The highest BCUT2D eigenvalue weighted by molar-refractivity contribution is 6.13. The normalized spacial score (nSPS) is 12.4. The van der Waals surface area contributed by atoms with Crippen molar-refractivity contribution in [2.45, 2.75) is 26.2 Å². The first-order valence-electron chi connectivity index (χ1n) is 15.1. The monoisotopic (exact) mass is 573 g/mol. The lowest BCUT2D eigenvalue weighted by Crippen LogP contribution is -2.15. The molecule has 0 amide bonds. The summed E-state index contributed by atoms with van der Waals surface area (Å²) in [6.07, 6.45) is 0. The van der Waals surface area contributed by atoms with Crippen molar-refractivity contribution in [3.8, 4) is 11.1 Å². The number of aromatic nitrogens is 1. The first-order valence-corrected chi connectivity index (χ1v) is 15.1. The fourth-order valence-corrected chi connectivity index (χ4v) is 6.34. The zero-order valence-electron chi connectivity index (χ0n) is 25.9. The molecule has 6 aromatic carbocycles. The molecule has 0 atom stereocenters. The molecule has 0 radical (unpaired) electrons. The second kappa shape index (κ2) is 12.1. The summed E-state index contributed by atoms with van der Waals surface area (Å²) < 4.78 is 2.32. The molecule has 218 valence electrons. The van der Waals surface area contributed by atoms with Crippen LogP contribution in [0.4, 0.5) is 17.1 Å². The number of aryl methyl sites for hydroxylation is 2. The predicted molar refractivity (Wildman–Crippen MR) is 190 cm³/mol. The molecule has 1 aromatic heterocycles. The molecule has 1 heterocycles. The van der Waals surface area contributed by atoms with E-state index in [1.54, 1.807) is 0 Å². The second-order valence-corrected chi connectivity index (χ2v) is 11.9. The molecular formula is C41H39N3. The van der Waals surface area contributed by atoms with Crippen molar-refractivity contribution in [3.63, 3.8) is 0 Å². The Balaban J connectivity index is 0.000000138. The molecule has 3 nitrogen and oxygen atoms in total. The van der Waals surface area contributed by atoms with Crippen LogP contribution in [0.3, 0.4) is 0 Å². The highest BCUT2D eigenvalue weighted by Crippen LogP contribution is 2.52. The number of para-hydroxylation sites is 4. The smallest absolute Gasteiger partial charge is 0.0617 e. The van der Waals surface area contributed by atoms with Gasteiger partial charge in [-0.15, -0.1) is 0 Å². The average Bonchev–Trinajstić information content (AvgIpc) is 3.47. The Bertz CT molecular complexity index is 2040. The van der Waals surface area contributed by atoms with Gasteiger partial charge in [-0.2, -0.15) is 0 Å². The Kier molecular flexibility index (Phi) is 7.95. The van der Waals surface area contributed by atoms with Gasteiger partial charge in [0.25, 0.3) is 0 Å². The molecule has 1 aliphatic carbocycles. The third kappa shape index (κ3) is 5.45. The number of hydrogen-bond acceptors (Lipinski definition) is 2. The number of fused-ring (bicyclic) bond motifs is 7. The van der Waals surface area contributed by atoms with Gasteiger partial charge in [0.15, 0.2) is 0 Å². The molecule has 1 aliphatic rings. The van der Waals surface area contributed by atoms with E-state index < -0.39 is 0 Å². The summed E-state index contributed by atoms with van der Waals surface area (Å²) in [6.45, 7) is 6.80. The number of nitrogens with zero attached hydrogens (tertiary/aromatic N) is 1. The van der Waals surface area contributed by atoms with Crippen molar-refractivity contribution in [2.24, 2.45) is 7.05 Å². The van der Waals surface area contributed by atoms with E-state index >= 15 is 0 Å². The van der Waals surface area contributed by atoms with E-state index in [4.69, 9.17) is 5.73 Å². The van der Waals surface area contributed by atoms with Crippen molar-refractivity contribution in [1.29, 1.82) is 0 Å². The van der Waals surface area contributed by atoms with Gasteiger partial charge in [-0.3, -0.25) is 0 Å². The number of hydrogen-bond donors (Lipinski definition) is 2. The van der Waals surface area contributed by atoms with Gasteiger partial charge in [0.2, 0.25) is 0 Å². The van der Waals surface area contributed by atoms with Crippen LogP contribution in [0.15, 0.2) is 146 Å². The Morgan fingerprint density at radius 1 is 0.591 bits per heavy atom. The van der Waals surface area contributed by atoms with Crippen LogP contribution in [0.5, 0.6) is 0 Å². The molecule has 0 saturated heterocycles. The summed E-state index contributed by atoms with van der Waals surface area (Å²) in [6, 6.07) is 50.2. The molecule has 0 bridgehead atoms. The fourth-order valence-electron chi connectivity index (χ4n) is 6.34. The maximum atomic E-state index is 5.81. The minimum atomic E-state index is 0.0373. The summed E-state index contributed by atoms with van der Waals surface area (Å²) in [5, 5.41) is 6.03. The van der Waals surface area contributed by atoms with Gasteiger partial charge in [-0.1, -0.05) is 129 Å². The van der Waals surface area contributed by atoms with E-state index in [1.807, 2.05) is 72.8 Å². The van der Waals surface area contributed by atoms with Crippen molar-refractivity contribution in [2.75, 3.05) is 11.1 Å². The van der Waals surface area contributed by atoms with Crippen molar-refractivity contribution in [3.05, 3.63) is 162 Å². The molecule has 0 spiro atoms. The van der Waals surface area contributed by atoms with Crippen LogP contribution < -0.4 is 11.1 Å².